The van der Waals surface area contributed by atoms with Gasteiger partial charge in [-0.1, -0.05) is 12.1 Å². The Bertz CT molecular complexity index is 250. The van der Waals surface area contributed by atoms with Crippen LogP contribution in [0.15, 0.2) is 24.3 Å². The van der Waals surface area contributed by atoms with Gasteiger partial charge in [-0.15, -0.1) is 0 Å². The molecule has 1 aromatic carbocycles. The molecule has 1 aromatic rings. The van der Waals surface area contributed by atoms with Gasteiger partial charge in [-0.05, 0) is 17.7 Å². The molecule has 0 saturated carbocycles. The van der Waals surface area contributed by atoms with E-state index in [9.17, 15) is 13.2 Å². The Morgan fingerprint density at radius 2 is 1.58 bits per heavy atom. The molecule has 0 spiro atoms. The topological polar surface area (TPSA) is 26.0 Å². The maximum atomic E-state index is 11.8. The number of nitrogen functional groups attached to an aromatic ring is 1. The highest BCUT2D eigenvalue weighted by Crippen LogP contribution is 2.21. The lowest BCUT2D eigenvalue weighted by molar-refractivity contribution is -0.127. The molecule has 0 atom stereocenters. The summed E-state index contributed by atoms with van der Waals surface area (Å²) in [6.45, 7) is 0. The standard InChI is InChI=1S/C8H8F3N/c9-8(10,11)5-6-1-3-7(12)4-2-6/h1-4H,5,12H2. The smallest absolute Gasteiger partial charge is 0.393 e. The van der Waals surface area contributed by atoms with Gasteiger partial charge in [0.1, 0.15) is 0 Å². The highest BCUT2D eigenvalue weighted by Gasteiger charge is 2.27. The van der Waals surface area contributed by atoms with Crippen LogP contribution in [0.1, 0.15) is 5.56 Å². The molecule has 4 heteroatoms. The lowest BCUT2D eigenvalue weighted by Gasteiger charge is -2.05. The fourth-order valence-corrected chi connectivity index (χ4v) is 0.867. The molecule has 66 valence electrons. The molecule has 0 amide bonds. The van der Waals surface area contributed by atoms with E-state index in [1.807, 2.05) is 0 Å². The Morgan fingerprint density at radius 3 is 2.00 bits per heavy atom. The van der Waals surface area contributed by atoms with Gasteiger partial charge in [0, 0.05) is 5.69 Å². The summed E-state index contributed by atoms with van der Waals surface area (Å²) in [7, 11) is 0. The summed E-state index contributed by atoms with van der Waals surface area (Å²) in [5.41, 5.74) is 6.02. The number of rotatable bonds is 1. The summed E-state index contributed by atoms with van der Waals surface area (Å²) in [6.07, 6.45) is -5.04. The molecular formula is C8H8F3N. The van der Waals surface area contributed by atoms with E-state index in [0.29, 0.717) is 5.69 Å². The quantitative estimate of drug-likeness (QED) is 0.651. The van der Waals surface area contributed by atoms with Gasteiger partial charge in [-0.25, -0.2) is 0 Å². The number of halogens is 3. The minimum absolute atomic E-state index is 0.233. The minimum atomic E-state index is -4.14. The van der Waals surface area contributed by atoms with Crippen molar-refractivity contribution in [2.24, 2.45) is 0 Å². The van der Waals surface area contributed by atoms with Gasteiger partial charge in [0.2, 0.25) is 0 Å². The number of alkyl halides is 3. The van der Waals surface area contributed by atoms with Gasteiger partial charge in [0.05, 0.1) is 6.42 Å². The molecule has 0 aliphatic carbocycles. The maximum Gasteiger partial charge on any atom is 0.393 e. The molecule has 0 heterocycles. The first-order valence-corrected chi connectivity index (χ1v) is 3.38. The Balaban J connectivity index is 2.71. The second-order valence-corrected chi connectivity index (χ2v) is 2.53. The van der Waals surface area contributed by atoms with Crippen molar-refractivity contribution in [2.75, 3.05) is 5.73 Å². The van der Waals surface area contributed by atoms with Gasteiger partial charge < -0.3 is 5.73 Å². The van der Waals surface area contributed by atoms with Crippen LogP contribution in [0, 0.1) is 0 Å². The minimum Gasteiger partial charge on any atom is -0.399 e. The van der Waals surface area contributed by atoms with E-state index in [2.05, 4.69) is 0 Å². The monoisotopic (exact) mass is 175 g/mol. The van der Waals surface area contributed by atoms with Gasteiger partial charge in [-0.3, -0.25) is 0 Å². The lowest BCUT2D eigenvalue weighted by atomic mass is 10.1. The summed E-state index contributed by atoms with van der Waals surface area (Å²) >= 11 is 0. The predicted octanol–water partition coefficient (Wildman–Crippen LogP) is 2.37. The predicted molar refractivity (Wildman–Crippen MR) is 40.6 cm³/mol. The largest absolute Gasteiger partial charge is 0.399 e. The highest BCUT2D eigenvalue weighted by atomic mass is 19.4. The first-order chi connectivity index (χ1) is 5.47. The molecule has 0 aliphatic heterocycles. The first kappa shape index (κ1) is 8.90. The van der Waals surface area contributed by atoms with E-state index in [4.69, 9.17) is 5.73 Å². The van der Waals surface area contributed by atoms with Crippen LogP contribution in [0.25, 0.3) is 0 Å². The van der Waals surface area contributed by atoms with Crippen LogP contribution in [0.3, 0.4) is 0 Å². The van der Waals surface area contributed by atoms with E-state index >= 15 is 0 Å². The van der Waals surface area contributed by atoms with Crippen LogP contribution >= 0.6 is 0 Å². The number of nitrogens with two attached hydrogens (primary N) is 1. The second-order valence-electron chi connectivity index (χ2n) is 2.53. The van der Waals surface area contributed by atoms with Gasteiger partial charge in [0.15, 0.2) is 0 Å². The zero-order valence-electron chi connectivity index (χ0n) is 6.23. The van der Waals surface area contributed by atoms with Crippen LogP contribution in [0.5, 0.6) is 0 Å². The SMILES string of the molecule is Nc1ccc(CC(F)(F)F)cc1. The van der Waals surface area contributed by atoms with Crippen LogP contribution in [0.2, 0.25) is 0 Å². The lowest BCUT2D eigenvalue weighted by Crippen LogP contribution is -2.11. The highest BCUT2D eigenvalue weighted by molar-refractivity contribution is 5.39. The van der Waals surface area contributed by atoms with Crippen LogP contribution in [-0.2, 0) is 6.42 Å². The second kappa shape index (κ2) is 3.05. The first-order valence-electron chi connectivity index (χ1n) is 3.38. The third-order valence-corrected chi connectivity index (χ3v) is 1.38. The van der Waals surface area contributed by atoms with Gasteiger partial charge in [-0.2, -0.15) is 13.2 Å². The van der Waals surface area contributed by atoms with Crippen molar-refractivity contribution in [3.05, 3.63) is 29.8 Å². The molecular weight excluding hydrogens is 167 g/mol. The number of hydrogen-bond donors (Lipinski definition) is 1. The summed E-state index contributed by atoms with van der Waals surface area (Å²) < 4.78 is 35.4. The average molecular weight is 175 g/mol. The fourth-order valence-electron chi connectivity index (χ4n) is 0.867. The molecule has 1 nitrogen and oxygen atoms in total. The van der Waals surface area contributed by atoms with Crippen molar-refractivity contribution in [1.29, 1.82) is 0 Å². The third kappa shape index (κ3) is 2.82. The molecule has 12 heavy (non-hydrogen) atoms. The zero-order chi connectivity index (χ0) is 9.19. The molecule has 0 unspecified atom stereocenters. The van der Waals surface area contributed by atoms with E-state index in [1.165, 1.54) is 24.3 Å². The summed E-state index contributed by atoms with van der Waals surface area (Å²) in [5, 5.41) is 0. The van der Waals surface area contributed by atoms with Crippen molar-refractivity contribution in [3.8, 4) is 0 Å². The third-order valence-electron chi connectivity index (χ3n) is 1.38. The number of benzene rings is 1. The Labute approximate surface area is 68.0 Å². The van der Waals surface area contributed by atoms with Crippen LogP contribution < -0.4 is 5.73 Å². The summed E-state index contributed by atoms with van der Waals surface area (Å²) in [4.78, 5) is 0. The molecule has 0 radical (unpaired) electrons. The molecule has 0 fully saturated rings. The maximum absolute atomic E-state index is 11.8. The fraction of sp³-hybridized carbons (Fsp3) is 0.250. The van der Waals surface area contributed by atoms with Crippen LogP contribution in [0.4, 0.5) is 18.9 Å². The van der Waals surface area contributed by atoms with Gasteiger partial charge in [0.25, 0.3) is 0 Å². The van der Waals surface area contributed by atoms with Crippen molar-refractivity contribution in [2.45, 2.75) is 12.6 Å². The van der Waals surface area contributed by atoms with E-state index in [1.54, 1.807) is 0 Å². The van der Waals surface area contributed by atoms with Gasteiger partial charge >= 0.3 is 6.18 Å². The Hall–Kier alpha value is -1.19. The van der Waals surface area contributed by atoms with Crippen molar-refractivity contribution in [3.63, 3.8) is 0 Å². The van der Waals surface area contributed by atoms with Crippen molar-refractivity contribution >= 4 is 5.69 Å². The van der Waals surface area contributed by atoms with E-state index < -0.39 is 12.6 Å². The normalized spacial score (nSPS) is 11.6. The molecule has 0 aromatic heterocycles. The van der Waals surface area contributed by atoms with E-state index in [-0.39, 0.29) is 5.56 Å². The molecule has 0 saturated heterocycles. The molecule has 0 aliphatic rings. The van der Waals surface area contributed by atoms with E-state index in [0.717, 1.165) is 0 Å². The molecule has 0 bridgehead atoms. The summed E-state index contributed by atoms with van der Waals surface area (Å²) in [5.74, 6) is 0. The molecule has 2 N–H and O–H groups in total. The average Bonchev–Trinajstić information content (AvgIpc) is 1.91. The summed E-state index contributed by atoms with van der Waals surface area (Å²) in [6, 6.07) is 5.67. The Morgan fingerprint density at radius 1 is 1.08 bits per heavy atom. The number of hydrogen-bond acceptors (Lipinski definition) is 1. The van der Waals surface area contributed by atoms with Crippen molar-refractivity contribution in [1.82, 2.24) is 0 Å². The zero-order valence-corrected chi connectivity index (χ0v) is 6.23. The number of anilines is 1. The van der Waals surface area contributed by atoms with Crippen LogP contribution in [-0.4, -0.2) is 6.18 Å². The molecule has 1 rings (SSSR count). The Kier molecular flexibility index (Phi) is 2.26. The van der Waals surface area contributed by atoms with Crippen molar-refractivity contribution < 1.29 is 13.2 Å².